The fourth-order valence-corrected chi connectivity index (χ4v) is 2.74. The number of rotatable bonds is 5. The summed E-state index contributed by atoms with van der Waals surface area (Å²) in [4.78, 5) is 0. The van der Waals surface area contributed by atoms with E-state index >= 15 is 0 Å². The van der Waals surface area contributed by atoms with Crippen molar-refractivity contribution < 1.29 is 0 Å². The van der Waals surface area contributed by atoms with Crippen molar-refractivity contribution in [2.75, 3.05) is 13.1 Å². The van der Waals surface area contributed by atoms with E-state index in [0.717, 1.165) is 19.4 Å². The number of aryl methyl sites for hydroxylation is 2. The lowest BCUT2D eigenvalue weighted by Crippen LogP contribution is -2.46. The van der Waals surface area contributed by atoms with Crippen molar-refractivity contribution in [3.63, 3.8) is 0 Å². The number of guanidine groups is 2. The van der Waals surface area contributed by atoms with Gasteiger partial charge in [-0.25, -0.2) is 0 Å². The Morgan fingerprint density at radius 3 is 2.35 bits per heavy atom. The molecule has 23 heavy (non-hydrogen) atoms. The Morgan fingerprint density at radius 1 is 1.00 bits per heavy atom. The van der Waals surface area contributed by atoms with Crippen LogP contribution in [0.4, 0.5) is 0 Å². The minimum Gasteiger partial charge on any atom is -0.356 e. The monoisotopic (exact) mass is 337 g/mol. The van der Waals surface area contributed by atoms with E-state index in [4.69, 9.17) is 10.8 Å². The molecule has 128 valence electrons. The van der Waals surface area contributed by atoms with Gasteiger partial charge >= 0.3 is 0 Å². The molecule has 6 heteroatoms. The first-order valence-electron chi connectivity index (χ1n) is 8.21. The van der Waals surface area contributed by atoms with Crippen molar-refractivity contribution in [3.8, 4) is 0 Å². The van der Waals surface area contributed by atoms with Crippen LogP contribution in [-0.4, -0.2) is 25.0 Å². The van der Waals surface area contributed by atoms with Gasteiger partial charge in [0.2, 0.25) is 0 Å². The highest BCUT2D eigenvalue weighted by Crippen LogP contribution is 2.22. The van der Waals surface area contributed by atoms with E-state index in [9.17, 15) is 0 Å². The number of fused-ring (bicyclic) bond motifs is 1. The highest BCUT2D eigenvalue weighted by Gasteiger charge is 2.09. The topological polar surface area (TPSA) is 83.8 Å². The molecule has 0 heterocycles. The predicted molar refractivity (Wildman–Crippen MR) is 98.9 cm³/mol. The first-order valence-corrected chi connectivity index (χ1v) is 8.21. The van der Waals surface area contributed by atoms with E-state index in [2.05, 4.69) is 34.1 Å². The molecular formula is C17H28ClN5. The van der Waals surface area contributed by atoms with E-state index in [1.54, 1.807) is 0 Å². The maximum atomic E-state index is 7.77. The Balaban J connectivity index is 0.00000264. The van der Waals surface area contributed by atoms with Gasteiger partial charge in [0.05, 0.1) is 0 Å². The smallest absolute Gasteiger partial charge is 0.195 e. The summed E-state index contributed by atoms with van der Waals surface area (Å²) in [5.74, 6) is 0.347. The van der Waals surface area contributed by atoms with E-state index in [0.29, 0.717) is 6.54 Å². The minimum atomic E-state index is 0. The van der Waals surface area contributed by atoms with E-state index in [1.165, 1.54) is 42.4 Å². The third-order valence-electron chi connectivity index (χ3n) is 3.93. The molecule has 0 unspecified atom stereocenters. The lowest BCUT2D eigenvalue weighted by atomic mass is 9.90. The lowest BCUT2D eigenvalue weighted by Gasteiger charge is -2.17. The summed E-state index contributed by atoms with van der Waals surface area (Å²) in [6, 6.07) is 6.78. The lowest BCUT2D eigenvalue weighted by molar-refractivity contribution is 0.683. The van der Waals surface area contributed by atoms with Crippen LogP contribution in [0.5, 0.6) is 0 Å². The zero-order chi connectivity index (χ0) is 15.8. The Morgan fingerprint density at radius 2 is 1.65 bits per heavy atom. The summed E-state index contributed by atoms with van der Waals surface area (Å²) >= 11 is 0. The van der Waals surface area contributed by atoms with Crippen LogP contribution < -0.4 is 16.0 Å². The summed E-state index contributed by atoms with van der Waals surface area (Å²) in [6.07, 6.45) is 6.89. The molecule has 2 rings (SSSR count). The Labute approximate surface area is 145 Å². The van der Waals surface area contributed by atoms with Crippen LogP contribution in [0.15, 0.2) is 18.2 Å². The summed E-state index contributed by atoms with van der Waals surface area (Å²) in [5.41, 5.74) is 4.33. The van der Waals surface area contributed by atoms with Crippen LogP contribution in [0.2, 0.25) is 0 Å². The zero-order valence-corrected chi connectivity index (χ0v) is 14.6. The van der Waals surface area contributed by atoms with E-state index in [-0.39, 0.29) is 24.3 Å². The Bertz CT molecular complexity index is 530. The number of hydrogen-bond donors (Lipinski definition) is 5. The fourth-order valence-electron chi connectivity index (χ4n) is 2.74. The second-order valence-corrected chi connectivity index (χ2v) is 5.79. The van der Waals surface area contributed by atoms with Gasteiger partial charge in [0.25, 0.3) is 0 Å². The van der Waals surface area contributed by atoms with Gasteiger partial charge in [-0.15, -0.1) is 12.4 Å². The second-order valence-electron chi connectivity index (χ2n) is 5.79. The molecule has 0 spiro atoms. The molecule has 1 aliphatic rings. The average molecular weight is 338 g/mol. The van der Waals surface area contributed by atoms with Gasteiger partial charge in [0, 0.05) is 13.1 Å². The molecule has 0 amide bonds. The largest absolute Gasteiger partial charge is 0.356 e. The van der Waals surface area contributed by atoms with Gasteiger partial charge in [-0.2, -0.15) is 0 Å². The molecule has 0 bridgehead atoms. The van der Waals surface area contributed by atoms with E-state index < -0.39 is 0 Å². The first-order chi connectivity index (χ1) is 10.7. The molecular weight excluding hydrogens is 310 g/mol. The molecule has 5 nitrogen and oxygen atoms in total. The third kappa shape index (κ3) is 6.48. The number of benzene rings is 1. The van der Waals surface area contributed by atoms with E-state index in [1.807, 2.05) is 6.92 Å². The van der Waals surface area contributed by atoms with Gasteiger partial charge in [0.1, 0.15) is 0 Å². The number of nitrogens with one attached hydrogen (secondary N) is 5. The molecule has 0 saturated carbocycles. The molecule has 0 aliphatic heterocycles. The van der Waals surface area contributed by atoms with Crippen LogP contribution in [0.1, 0.15) is 42.9 Å². The third-order valence-corrected chi connectivity index (χ3v) is 3.93. The Kier molecular flexibility index (Phi) is 8.48. The number of hydrogen-bond acceptors (Lipinski definition) is 2. The van der Waals surface area contributed by atoms with Crippen molar-refractivity contribution in [2.45, 2.75) is 45.4 Å². The highest BCUT2D eigenvalue weighted by molar-refractivity contribution is 5.95. The maximum Gasteiger partial charge on any atom is 0.195 e. The SMILES string of the molecule is CCCNC(=N)NC(=N)NCCc1ccc2c(c1)CCCC2.Cl. The molecule has 1 aliphatic carbocycles. The van der Waals surface area contributed by atoms with Gasteiger partial charge < -0.3 is 10.6 Å². The second kappa shape index (κ2) is 10.1. The summed E-state index contributed by atoms with van der Waals surface area (Å²) in [7, 11) is 0. The normalized spacial score (nSPS) is 12.6. The molecule has 5 N–H and O–H groups in total. The van der Waals surface area contributed by atoms with Gasteiger partial charge in [-0.3, -0.25) is 16.1 Å². The molecule has 0 aromatic heterocycles. The van der Waals surface area contributed by atoms with Crippen LogP contribution in [0, 0.1) is 10.8 Å². The van der Waals surface area contributed by atoms with Crippen LogP contribution in [-0.2, 0) is 19.3 Å². The van der Waals surface area contributed by atoms with Crippen molar-refractivity contribution in [1.82, 2.24) is 16.0 Å². The first kappa shape index (κ1) is 19.3. The maximum absolute atomic E-state index is 7.77. The van der Waals surface area contributed by atoms with Gasteiger partial charge in [-0.1, -0.05) is 25.1 Å². The molecule has 0 atom stereocenters. The van der Waals surface area contributed by atoms with Gasteiger partial charge in [0.15, 0.2) is 11.9 Å². The average Bonchev–Trinajstić information content (AvgIpc) is 2.52. The molecule has 0 radical (unpaired) electrons. The van der Waals surface area contributed by atoms with Crippen LogP contribution >= 0.6 is 12.4 Å². The van der Waals surface area contributed by atoms with Crippen molar-refractivity contribution in [3.05, 3.63) is 34.9 Å². The van der Waals surface area contributed by atoms with Gasteiger partial charge in [-0.05, 0) is 55.2 Å². The standard InChI is InChI=1S/C17H27N5.ClH/c1-2-10-20-16(18)22-17(19)21-11-9-13-7-8-14-5-3-4-6-15(14)12-13;/h7-8,12H,2-6,9-11H2,1H3,(H5,18,19,20,21,22);1H. The highest BCUT2D eigenvalue weighted by atomic mass is 35.5. The van der Waals surface area contributed by atoms with Crippen LogP contribution in [0.3, 0.4) is 0 Å². The van der Waals surface area contributed by atoms with Crippen LogP contribution in [0.25, 0.3) is 0 Å². The minimum absolute atomic E-state index is 0. The summed E-state index contributed by atoms with van der Waals surface area (Å²) in [5, 5.41) is 24.0. The van der Waals surface area contributed by atoms with Crippen molar-refractivity contribution in [1.29, 1.82) is 10.8 Å². The molecule has 0 saturated heterocycles. The summed E-state index contributed by atoms with van der Waals surface area (Å²) in [6.45, 7) is 3.49. The van der Waals surface area contributed by atoms with Crippen molar-refractivity contribution in [2.24, 2.45) is 0 Å². The molecule has 1 aromatic rings. The van der Waals surface area contributed by atoms with Crippen molar-refractivity contribution >= 4 is 24.3 Å². The molecule has 1 aromatic carbocycles. The number of halogens is 1. The predicted octanol–water partition coefficient (Wildman–Crippen LogP) is 2.58. The summed E-state index contributed by atoms with van der Waals surface area (Å²) < 4.78 is 0. The Hall–Kier alpha value is -1.75. The zero-order valence-electron chi connectivity index (χ0n) is 13.8. The quantitative estimate of drug-likeness (QED) is 0.423. The molecule has 0 fully saturated rings. The fraction of sp³-hybridized carbons (Fsp3) is 0.529.